The minimum atomic E-state index is -0.0406. The summed E-state index contributed by atoms with van der Waals surface area (Å²) in [5.41, 5.74) is 6.04. The summed E-state index contributed by atoms with van der Waals surface area (Å²) >= 11 is 0. The average molecular weight is 402 g/mol. The number of carbonyl (C=O) groups is 1. The van der Waals surface area contributed by atoms with Crippen LogP contribution in [0.2, 0.25) is 0 Å². The molecule has 2 aliphatic rings. The van der Waals surface area contributed by atoms with E-state index in [1.807, 2.05) is 31.2 Å². The van der Waals surface area contributed by atoms with Crippen molar-refractivity contribution >= 4 is 22.5 Å². The molecule has 0 aliphatic carbocycles. The van der Waals surface area contributed by atoms with Crippen LogP contribution in [0.3, 0.4) is 0 Å². The molecule has 1 saturated heterocycles. The normalized spacial score (nSPS) is 23.7. The zero-order valence-corrected chi connectivity index (χ0v) is 18.0. The van der Waals surface area contributed by atoms with Crippen LogP contribution in [-0.4, -0.2) is 28.9 Å². The molecule has 0 saturated carbocycles. The lowest BCUT2D eigenvalue weighted by Gasteiger charge is -2.51. The van der Waals surface area contributed by atoms with E-state index in [0.717, 1.165) is 50.0 Å². The second-order valence-corrected chi connectivity index (χ2v) is 9.11. The highest BCUT2D eigenvalue weighted by atomic mass is 16.1. The fraction of sp³-hybridized carbons (Fsp3) is 0.423. The molecule has 3 aromatic rings. The predicted molar refractivity (Wildman–Crippen MR) is 123 cm³/mol. The molecule has 1 amide bonds. The Labute approximate surface area is 178 Å². The summed E-state index contributed by atoms with van der Waals surface area (Å²) in [6, 6.07) is 17.0. The maximum absolute atomic E-state index is 13.2. The van der Waals surface area contributed by atoms with Crippen LogP contribution in [0.15, 0.2) is 48.5 Å². The number of nitrogens with zero attached hydrogens (tertiary/aromatic N) is 1. The lowest BCUT2D eigenvalue weighted by Crippen LogP contribution is -2.50. The van der Waals surface area contributed by atoms with Gasteiger partial charge in [-0.2, -0.15) is 0 Å². The van der Waals surface area contributed by atoms with Crippen LogP contribution < -0.4 is 5.32 Å². The Kier molecular flexibility index (Phi) is 4.90. The van der Waals surface area contributed by atoms with Crippen LogP contribution in [0.25, 0.3) is 10.9 Å². The number of nitrogens with one attached hydrogen (secondary N) is 2. The number of para-hydroxylation sites is 2. The van der Waals surface area contributed by atoms with Crippen LogP contribution in [-0.2, 0) is 11.2 Å². The van der Waals surface area contributed by atoms with E-state index >= 15 is 0 Å². The fourth-order valence-corrected chi connectivity index (χ4v) is 5.90. The SMILES string of the molecule is CC[C@@]1(CC(=O)Nc2ccccc2C)CCCN2CCc3c([nH]c4ccccc34)[C@@H]21. The number of rotatable bonds is 4. The number of benzene rings is 2. The quantitative estimate of drug-likeness (QED) is 0.598. The first-order chi connectivity index (χ1) is 14.6. The average Bonchev–Trinajstić information content (AvgIpc) is 3.14. The van der Waals surface area contributed by atoms with Crippen molar-refractivity contribution in [3.63, 3.8) is 0 Å². The van der Waals surface area contributed by atoms with E-state index in [4.69, 9.17) is 0 Å². The summed E-state index contributed by atoms with van der Waals surface area (Å²) in [6.07, 6.45) is 4.92. The monoisotopic (exact) mass is 401 g/mol. The molecule has 1 fully saturated rings. The smallest absolute Gasteiger partial charge is 0.225 e. The molecule has 5 rings (SSSR count). The Morgan fingerprint density at radius 2 is 1.97 bits per heavy atom. The number of carbonyl (C=O) groups excluding carboxylic acids is 1. The second-order valence-electron chi connectivity index (χ2n) is 9.11. The third kappa shape index (κ3) is 3.14. The van der Waals surface area contributed by atoms with Crippen molar-refractivity contribution in [1.82, 2.24) is 9.88 Å². The summed E-state index contributed by atoms with van der Waals surface area (Å²) in [6.45, 7) is 6.52. The number of piperidine rings is 1. The standard InChI is InChI=1S/C26H31N3O/c1-3-26(17-23(30)27-21-11-6-4-9-18(21)2)14-8-15-29-16-13-20-19-10-5-7-12-22(19)28-24(20)25(26)29/h4-7,9-12,25,28H,3,8,13-17H2,1-2H3,(H,27,30)/t25-,26+/m1/s1. The highest BCUT2D eigenvalue weighted by Gasteiger charge is 2.48. The summed E-state index contributed by atoms with van der Waals surface area (Å²) in [5, 5.41) is 4.55. The Morgan fingerprint density at radius 1 is 1.17 bits per heavy atom. The van der Waals surface area contributed by atoms with Gasteiger partial charge in [0, 0.05) is 40.7 Å². The third-order valence-electron chi connectivity index (χ3n) is 7.47. The van der Waals surface area contributed by atoms with E-state index in [1.54, 1.807) is 0 Å². The minimum absolute atomic E-state index is 0.0406. The highest BCUT2D eigenvalue weighted by Crippen LogP contribution is 2.53. The van der Waals surface area contributed by atoms with Gasteiger partial charge in [0.2, 0.25) is 5.91 Å². The van der Waals surface area contributed by atoms with Crippen molar-refractivity contribution in [1.29, 1.82) is 0 Å². The number of fused-ring (bicyclic) bond motifs is 5. The van der Waals surface area contributed by atoms with Crippen LogP contribution in [0.5, 0.6) is 0 Å². The van der Waals surface area contributed by atoms with Crippen LogP contribution in [0, 0.1) is 12.3 Å². The number of aromatic amines is 1. The van der Waals surface area contributed by atoms with Crippen molar-refractivity contribution in [2.24, 2.45) is 5.41 Å². The molecule has 0 radical (unpaired) electrons. The topological polar surface area (TPSA) is 48.1 Å². The van der Waals surface area contributed by atoms with Crippen LogP contribution in [0.4, 0.5) is 5.69 Å². The summed E-state index contributed by atoms with van der Waals surface area (Å²) in [4.78, 5) is 19.6. The molecule has 2 aromatic carbocycles. The number of H-pyrrole nitrogens is 1. The number of anilines is 1. The zero-order chi connectivity index (χ0) is 20.7. The third-order valence-corrected chi connectivity index (χ3v) is 7.47. The van der Waals surface area contributed by atoms with Gasteiger partial charge in [0.1, 0.15) is 0 Å². The van der Waals surface area contributed by atoms with Gasteiger partial charge < -0.3 is 10.3 Å². The molecule has 2 atom stereocenters. The zero-order valence-electron chi connectivity index (χ0n) is 18.0. The Balaban J connectivity index is 1.50. The molecule has 156 valence electrons. The fourth-order valence-electron chi connectivity index (χ4n) is 5.90. The lowest BCUT2D eigenvalue weighted by molar-refractivity contribution is -0.121. The summed E-state index contributed by atoms with van der Waals surface area (Å²) in [7, 11) is 0. The molecule has 0 unspecified atom stereocenters. The number of hydrogen-bond donors (Lipinski definition) is 2. The Morgan fingerprint density at radius 3 is 2.80 bits per heavy atom. The molecule has 30 heavy (non-hydrogen) atoms. The summed E-state index contributed by atoms with van der Waals surface area (Å²) < 4.78 is 0. The van der Waals surface area contributed by atoms with Crippen molar-refractivity contribution < 1.29 is 4.79 Å². The Hall–Kier alpha value is -2.59. The van der Waals surface area contributed by atoms with Gasteiger partial charge in [0.15, 0.2) is 0 Å². The maximum atomic E-state index is 13.2. The highest BCUT2D eigenvalue weighted by molar-refractivity contribution is 5.92. The molecule has 2 aliphatic heterocycles. The van der Waals surface area contributed by atoms with E-state index in [0.29, 0.717) is 6.42 Å². The van der Waals surface area contributed by atoms with Gasteiger partial charge in [0.05, 0.1) is 6.04 Å². The van der Waals surface area contributed by atoms with Crippen LogP contribution in [0.1, 0.15) is 55.5 Å². The van der Waals surface area contributed by atoms with E-state index in [2.05, 4.69) is 46.4 Å². The Bertz CT molecular complexity index is 1080. The first-order valence-corrected chi connectivity index (χ1v) is 11.3. The van der Waals surface area contributed by atoms with Crippen molar-refractivity contribution in [2.45, 2.75) is 52.0 Å². The second kappa shape index (κ2) is 7.59. The molecular formula is C26H31N3O. The largest absolute Gasteiger partial charge is 0.357 e. The van der Waals surface area contributed by atoms with Crippen molar-refractivity contribution in [2.75, 3.05) is 18.4 Å². The molecule has 4 nitrogen and oxygen atoms in total. The van der Waals surface area contributed by atoms with E-state index in [9.17, 15) is 4.79 Å². The molecule has 4 heteroatoms. The van der Waals surface area contributed by atoms with Gasteiger partial charge in [-0.05, 0) is 62.4 Å². The van der Waals surface area contributed by atoms with E-state index in [1.165, 1.54) is 22.2 Å². The van der Waals surface area contributed by atoms with E-state index in [-0.39, 0.29) is 17.4 Å². The molecule has 3 heterocycles. The maximum Gasteiger partial charge on any atom is 0.225 e. The van der Waals surface area contributed by atoms with Gasteiger partial charge >= 0.3 is 0 Å². The van der Waals surface area contributed by atoms with Gasteiger partial charge in [-0.15, -0.1) is 0 Å². The van der Waals surface area contributed by atoms with Gasteiger partial charge in [-0.25, -0.2) is 0 Å². The number of hydrogen-bond acceptors (Lipinski definition) is 2. The molecule has 2 N–H and O–H groups in total. The lowest BCUT2D eigenvalue weighted by atomic mass is 9.66. The van der Waals surface area contributed by atoms with Gasteiger partial charge in [0.25, 0.3) is 0 Å². The van der Waals surface area contributed by atoms with Crippen LogP contribution >= 0.6 is 0 Å². The summed E-state index contributed by atoms with van der Waals surface area (Å²) in [5.74, 6) is 0.135. The van der Waals surface area contributed by atoms with Gasteiger partial charge in [-0.3, -0.25) is 9.69 Å². The number of amides is 1. The van der Waals surface area contributed by atoms with Crippen molar-refractivity contribution in [3.05, 3.63) is 65.4 Å². The molecule has 0 bridgehead atoms. The molecule has 0 spiro atoms. The minimum Gasteiger partial charge on any atom is -0.357 e. The van der Waals surface area contributed by atoms with Crippen molar-refractivity contribution in [3.8, 4) is 0 Å². The predicted octanol–water partition coefficient (Wildman–Crippen LogP) is 5.59. The number of aromatic nitrogens is 1. The number of aryl methyl sites for hydroxylation is 1. The van der Waals surface area contributed by atoms with E-state index < -0.39 is 0 Å². The first-order valence-electron chi connectivity index (χ1n) is 11.3. The molecule has 1 aromatic heterocycles. The van der Waals surface area contributed by atoms with Gasteiger partial charge in [-0.1, -0.05) is 43.3 Å². The molecular weight excluding hydrogens is 370 g/mol. The first kappa shape index (κ1) is 19.4.